The van der Waals surface area contributed by atoms with E-state index in [0.717, 1.165) is 37.9 Å². The first-order valence-corrected chi connectivity index (χ1v) is 7.92. The summed E-state index contributed by atoms with van der Waals surface area (Å²) in [5.74, 6) is -0.516. The zero-order valence-electron chi connectivity index (χ0n) is 13.4. The first kappa shape index (κ1) is 17.4. The van der Waals surface area contributed by atoms with Crippen LogP contribution >= 0.6 is 0 Å². The second-order valence-corrected chi connectivity index (χ2v) is 5.89. The lowest BCUT2D eigenvalue weighted by Gasteiger charge is -2.40. The molecule has 1 atom stereocenters. The van der Waals surface area contributed by atoms with Crippen LogP contribution in [0.3, 0.4) is 0 Å². The number of aromatic carboxylic acids is 1. The molecule has 0 saturated carbocycles. The van der Waals surface area contributed by atoms with E-state index in [1.54, 1.807) is 18.2 Å². The quantitative estimate of drug-likeness (QED) is 0.576. The van der Waals surface area contributed by atoms with E-state index in [9.17, 15) is 9.90 Å². The summed E-state index contributed by atoms with van der Waals surface area (Å²) in [6, 6.07) is 5.31. The van der Waals surface area contributed by atoms with Gasteiger partial charge < -0.3 is 21.3 Å². The summed E-state index contributed by atoms with van der Waals surface area (Å²) in [7, 11) is 2.07. The molecule has 0 amide bonds. The summed E-state index contributed by atoms with van der Waals surface area (Å²) < 4.78 is 5.84. The van der Waals surface area contributed by atoms with E-state index in [-0.39, 0.29) is 17.7 Å². The van der Waals surface area contributed by atoms with Crippen LogP contribution in [-0.4, -0.2) is 55.6 Å². The highest BCUT2D eigenvalue weighted by Crippen LogP contribution is 2.24. The lowest BCUT2D eigenvalue weighted by Crippen LogP contribution is -2.56. The van der Waals surface area contributed by atoms with Gasteiger partial charge in [0.25, 0.3) is 0 Å². The largest absolute Gasteiger partial charge is 0.487 e. The monoisotopic (exact) mass is 317 g/mol. The normalized spacial score (nSPS) is 17.1. The van der Waals surface area contributed by atoms with E-state index in [1.807, 2.05) is 6.07 Å². The summed E-state index contributed by atoms with van der Waals surface area (Å²) in [5.41, 5.74) is 12.4. The van der Waals surface area contributed by atoms with E-state index in [4.69, 9.17) is 16.2 Å². The molecule has 0 aromatic heterocycles. The molecule has 0 radical (unpaired) electrons. The molecule has 2 rings (SSSR count). The summed E-state index contributed by atoms with van der Waals surface area (Å²) in [5, 5.41) is 9.37. The maximum Gasteiger partial charge on any atom is 0.339 e. The Morgan fingerprint density at radius 2 is 2.26 bits per heavy atom. The van der Waals surface area contributed by atoms with Gasteiger partial charge in [0.1, 0.15) is 25.3 Å². The van der Waals surface area contributed by atoms with E-state index < -0.39 is 5.97 Å². The fourth-order valence-electron chi connectivity index (χ4n) is 2.72. The minimum absolute atomic E-state index is 0.000758. The Morgan fingerprint density at radius 3 is 2.87 bits per heavy atom. The molecule has 124 valence electrons. The number of ether oxygens (including phenoxy) is 1. The number of aryl methyl sites for hydroxylation is 1. The smallest absolute Gasteiger partial charge is 0.339 e. The first-order chi connectivity index (χ1) is 11.0. The van der Waals surface area contributed by atoms with Crippen molar-refractivity contribution >= 4 is 13.8 Å². The van der Waals surface area contributed by atoms with E-state index >= 15 is 0 Å². The zero-order chi connectivity index (χ0) is 16.8. The molecule has 23 heavy (non-hydrogen) atoms. The van der Waals surface area contributed by atoms with Crippen LogP contribution in [0.2, 0.25) is 6.32 Å². The Hall–Kier alpha value is -1.99. The van der Waals surface area contributed by atoms with Crippen LogP contribution in [0.15, 0.2) is 30.5 Å². The average molecular weight is 317 g/mol. The zero-order valence-corrected chi connectivity index (χ0v) is 13.4. The van der Waals surface area contributed by atoms with Crippen molar-refractivity contribution in [1.29, 1.82) is 0 Å². The van der Waals surface area contributed by atoms with Crippen molar-refractivity contribution in [1.82, 2.24) is 4.90 Å². The number of carboxylic acid groups (broad SMARTS) is 1. The first-order valence-electron chi connectivity index (χ1n) is 7.92. The van der Waals surface area contributed by atoms with E-state index in [0.29, 0.717) is 5.75 Å². The standard InChI is InChI=1S/C16H24BN3O3/c17-5-3-11-1-2-15(14(7-11)16(21)22)23-13-9-20(10-13)8-12(19)4-6-18/h1-2,4,6-7,12-13H,3,5,8-10,17-19H2,(H,21,22)/b6-4-. The van der Waals surface area contributed by atoms with Crippen molar-refractivity contribution in [3.63, 3.8) is 0 Å². The molecule has 6 nitrogen and oxygen atoms in total. The second-order valence-electron chi connectivity index (χ2n) is 5.89. The maximum atomic E-state index is 11.4. The van der Waals surface area contributed by atoms with Gasteiger partial charge in [0.15, 0.2) is 0 Å². The number of hydrogen-bond acceptors (Lipinski definition) is 5. The molecule has 0 aliphatic carbocycles. The summed E-state index contributed by atoms with van der Waals surface area (Å²) >= 11 is 0. The topological polar surface area (TPSA) is 102 Å². The predicted octanol–water partition coefficient (Wildman–Crippen LogP) is -0.159. The maximum absolute atomic E-state index is 11.4. The van der Waals surface area contributed by atoms with Crippen molar-refractivity contribution in [3.8, 4) is 5.75 Å². The highest BCUT2D eigenvalue weighted by atomic mass is 16.5. The number of nitrogens with two attached hydrogens (primary N) is 2. The van der Waals surface area contributed by atoms with Gasteiger partial charge in [0.2, 0.25) is 0 Å². The fourth-order valence-corrected chi connectivity index (χ4v) is 2.72. The molecule has 7 heteroatoms. The van der Waals surface area contributed by atoms with Gasteiger partial charge in [-0.15, -0.1) is 0 Å². The van der Waals surface area contributed by atoms with Crippen LogP contribution in [0, 0.1) is 0 Å². The third-order valence-electron chi connectivity index (χ3n) is 3.86. The van der Waals surface area contributed by atoms with Gasteiger partial charge in [0.05, 0.1) is 0 Å². The van der Waals surface area contributed by atoms with Crippen LogP contribution in [0.5, 0.6) is 5.75 Å². The number of carboxylic acids is 1. The second kappa shape index (κ2) is 8.03. The Balaban J connectivity index is 1.93. The average Bonchev–Trinajstić information content (AvgIpc) is 2.46. The molecule has 0 bridgehead atoms. The minimum atomic E-state index is -0.954. The number of rotatable bonds is 8. The fraction of sp³-hybridized carbons (Fsp3) is 0.438. The molecule has 1 aliphatic rings. The summed E-state index contributed by atoms with van der Waals surface area (Å²) in [6.45, 7) is 2.19. The lowest BCUT2D eigenvalue weighted by atomic mass is 9.96. The molecule has 1 aromatic carbocycles. The van der Waals surface area contributed by atoms with Gasteiger partial charge in [-0.2, -0.15) is 0 Å². The van der Waals surface area contributed by atoms with Crippen LogP contribution in [-0.2, 0) is 6.42 Å². The molecule has 0 spiro atoms. The highest BCUT2D eigenvalue weighted by Gasteiger charge is 2.30. The van der Waals surface area contributed by atoms with Crippen molar-refractivity contribution in [2.24, 2.45) is 11.5 Å². The lowest BCUT2D eigenvalue weighted by molar-refractivity contribution is 0.0179. The van der Waals surface area contributed by atoms with Crippen molar-refractivity contribution in [2.45, 2.75) is 24.9 Å². The van der Waals surface area contributed by atoms with Gasteiger partial charge >= 0.3 is 5.97 Å². The number of hydrogen-bond donors (Lipinski definition) is 3. The predicted molar refractivity (Wildman–Crippen MR) is 92.6 cm³/mol. The Kier molecular flexibility index (Phi) is 6.07. The molecule has 5 N–H and O–H groups in total. The highest BCUT2D eigenvalue weighted by molar-refractivity contribution is 6.08. The van der Waals surface area contributed by atoms with Crippen molar-refractivity contribution in [2.75, 3.05) is 19.6 Å². The number of likely N-dealkylation sites (tertiary alicyclic amines) is 1. The van der Waals surface area contributed by atoms with Crippen LogP contribution in [0.1, 0.15) is 15.9 Å². The number of carbonyl (C=O) groups is 1. The van der Waals surface area contributed by atoms with Gasteiger partial charge in [-0.3, -0.25) is 4.90 Å². The third kappa shape index (κ3) is 4.74. The molecule has 1 aromatic rings. The van der Waals surface area contributed by atoms with Crippen LogP contribution in [0.25, 0.3) is 0 Å². The molecule has 1 aliphatic heterocycles. The van der Waals surface area contributed by atoms with Gasteiger partial charge in [0, 0.05) is 25.7 Å². The summed E-state index contributed by atoms with van der Waals surface area (Å²) in [4.78, 5) is 13.6. The SMILES string of the molecule is BCCc1ccc(OC2CN(CC(N)/C=C\N)C2)c(C(=O)O)c1. The molecular formula is C16H24BN3O3. The van der Waals surface area contributed by atoms with Gasteiger partial charge in [-0.1, -0.05) is 18.5 Å². The van der Waals surface area contributed by atoms with Gasteiger partial charge in [-0.05, 0) is 30.3 Å². The Morgan fingerprint density at radius 1 is 1.52 bits per heavy atom. The van der Waals surface area contributed by atoms with Gasteiger partial charge in [-0.25, -0.2) is 4.79 Å². The summed E-state index contributed by atoms with van der Waals surface area (Å²) in [6.07, 6.45) is 5.05. The van der Waals surface area contributed by atoms with Crippen LogP contribution < -0.4 is 16.2 Å². The van der Waals surface area contributed by atoms with E-state index in [2.05, 4.69) is 12.7 Å². The molecule has 1 heterocycles. The van der Waals surface area contributed by atoms with Crippen molar-refractivity contribution < 1.29 is 14.6 Å². The molecule has 1 fully saturated rings. The third-order valence-corrected chi connectivity index (χ3v) is 3.86. The van der Waals surface area contributed by atoms with Crippen molar-refractivity contribution in [3.05, 3.63) is 41.6 Å². The van der Waals surface area contributed by atoms with Crippen LogP contribution in [0.4, 0.5) is 0 Å². The minimum Gasteiger partial charge on any atom is -0.487 e. The Bertz CT molecular complexity index is 574. The Labute approximate surface area is 137 Å². The molecule has 1 saturated heterocycles. The molecule has 1 unspecified atom stereocenters. The molecular weight excluding hydrogens is 293 g/mol. The number of benzene rings is 1. The number of nitrogens with zero attached hydrogens (tertiary/aromatic N) is 1. The van der Waals surface area contributed by atoms with E-state index in [1.165, 1.54) is 6.20 Å².